The number of fused-ring (bicyclic) bond motifs is 3. The minimum Gasteiger partial charge on any atom is -0.496 e. The second-order valence-electron chi connectivity index (χ2n) is 13.4. The lowest BCUT2D eigenvalue weighted by molar-refractivity contribution is -0.153. The van der Waals surface area contributed by atoms with Crippen LogP contribution >= 0.6 is 0 Å². The number of rotatable bonds is 3. The van der Waals surface area contributed by atoms with Crippen LogP contribution in [0.2, 0.25) is 0 Å². The van der Waals surface area contributed by atoms with Crippen LogP contribution in [0, 0.1) is 5.41 Å². The number of nitrogens with one attached hydrogen (secondary N) is 2. The van der Waals surface area contributed by atoms with Gasteiger partial charge in [0.2, 0.25) is 17.7 Å². The van der Waals surface area contributed by atoms with Crippen molar-refractivity contribution >= 4 is 40.7 Å². The summed E-state index contributed by atoms with van der Waals surface area (Å²) in [4.78, 5) is 59.4. The molecule has 2 aliphatic rings. The first-order valence-corrected chi connectivity index (χ1v) is 15.2. The van der Waals surface area contributed by atoms with E-state index in [0.717, 1.165) is 10.9 Å². The summed E-state index contributed by atoms with van der Waals surface area (Å²) in [6, 6.07) is 2.33. The minimum atomic E-state index is -1.20. The fourth-order valence-corrected chi connectivity index (χ4v) is 5.35. The summed E-state index contributed by atoms with van der Waals surface area (Å²) in [6.07, 6.45) is 3.92. The van der Waals surface area contributed by atoms with E-state index in [9.17, 15) is 19.2 Å². The van der Waals surface area contributed by atoms with Gasteiger partial charge in [-0.25, -0.2) is 14.6 Å². The number of carbonyl (C=O) groups excluding carboxylic acids is 4. The molecule has 2 aliphatic heterocycles. The first-order chi connectivity index (χ1) is 21.6. The van der Waals surface area contributed by atoms with Crippen LogP contribution in [0.3, 0.4) is 0 Å². The fourth-order valence-electron chi connectivity index (χ4n) is 5.35. The first-order valence-electron chi connectivity index (χ1n) is 15.2. The highest BCUT2D eigenvalue weighted by Gasteiger charge is 2.47. The molecule has 2 aromatic rings. The summed E-state index contributed by atoms with van der Waals surface area (Å²) in [5, 5.41) is 6.91. The number of ether oxygens (including phenoxy) is 5. The number of hydrogen-bond acceptors (Lipinski definition) is 10. The number of esters is 1. The summed E-state index contributed by atoms with van der Waals surface area (Å²) in [5.41, 5.74) is -0.878. The van der Waals surface area contributed by atoms with Gasteiger partial charge in [0.15, 0.2) is 0 Å². The molecule has 0 unspecified atom stereocenters. The molecular weight excluding hydrogens is 596 g/mol. The topological polar surface area (TPSA) is 155 Å². The van der Waals surface area contributed by atoms with Gasteiger partial charge in [-0.05, 0) is 49.8 Å². The Morgan fingerprint density at radius 3 is 2.50 bits per heavy atom. The van der Waals surface area contributed by atoms with Crippen LogP contribution in [-0.2, 0) is 28.6 Å². The molecular formula is C33H44N4O9. The molecule has 0 spiro atoms. The third kappa shape index (κ3) is 8.25. The Balaban J connectivity index is 1.77. The zero-order valence-electron chi connectivity index (χ0n) is 27.7. The molecule has 1 saturated heterocycles. The number of amides is 3. The summed E-state index contributed by atoms with van der Waals surface area (Å²) in [6.45, 7) is 10.4. The summed E-state index contributed by atoms with van der Waals surface area (Å²) in [7, 11) is 2.82. The van der Waals surface area contributed by atoms with Crippen LogP contribution in [0.15, 0.2) is 30.5 Å². The highest BCUT2D eigenvalue weighted by Crippen LogP contribution is 2.34. The van der Waals surface area contributed by atoms with Crippen molar-refractivity contribution in [1.29, 1.82) is 0 Å². The largest absolute Gasteiger partial charge is 0.496 e. The molecule has 250 valence electrons. The van der Waals surface area contributed by atoms with Gasteiger partial charge in [-0.1, -0.05) is 32.9 Å². The first kappa shape index (κ1) is 34.5. The number of nitrogens with zero attached hydrogens (tertiary/aromatic N) is 2. The van der Waals surface area contributed by atoms with E-state index in [1.807, 2.05) is 24.3 Å². The van der Waals surface area contributed by atoms with E-state index in [1.165, 1.54) is 12.0 Å². The Morgan fingerprint density at radius 2 is 1.85 bits per heavy atom. The molecule has 4 rings (SSSR count). The molecule has 0 aliphatic carbocycles. The Bertz CT molecular complexity index is 1490. The molecule has 0 radical (unpaired) electrons. The lowest BCUT2D eigenvalue weighted by Crippen LogP contribution is -2.60. The van der Waals surface area contributed by atoms with E-state index in [2.05, 4.69) is 15.6 Å². The van der Waals surface area contributed by atoms with Gasteiger partial charge in [0, 0.05) is 23.6 Å². The number of aromatic nitrogens is 1. The van der Waals surface area contributed by atoms with E-state index < -0.39 is 59.1 Å². The standard InChI is InChI=1S/C33H44N4O9/c1-32(2,3)26-29(39)37-17-21(16-24(37)30(40)43-8)45-28-22-14-20(25(42-7)15-19(22)11-12-34-28)10-9-13-44-18-23(27(38)36-26)35-31(41)46-33(4,5)6/h9-12,14-15,21,23-24,26H,13,16-18H2,1-8H3,(H,35,41)(H,36,38)/b10-9-/t21-,23+,24+,26-/m1/s1. The van der Waals surface area contributed by atoms with Gasteiger partial charge in [0.1, 0.15) is 35.6 Å². The van der Waals surface area contributed by atoms with Crippen molar-refractivity contribution in [1.82, 2.24) is 20.5 Å². The molecule has 3 amide bonds. The van der Waals surface area contributed by atoms with Gasteiger partial charge in [-0.2, -0.15) is 0 Å². The summed E-state index contributed by atoms with van der Waals surface area (Å²) < 4.78 is 28.2. The van der Waals surface area contributed by atoms with Crippen molar-refractivity contribution in [3.63, 3.8) is 0 Å². The highest BCUT2D eigenvalue weighted by molar-refractivity contribution is 5.94. The number of pyridine rings is 1. The maximum Gasteiger partial charge on any atom is 0.408 e. The Kier molecular flexibility index (Phi) is 10.4. The van der Waals surface area contributed by atoms with Crippen LogP contribution in [0.1, 0.15) is 53.5 Å². The van der Waals surface area contributed by atoms with Crippen LogP contribution in [0.25, 0.3) is 16.8 Å². The molecule has 1 fully saturated rings. The van der Waals surface area contributed by atoms with Crippen molar-refractivity contribution in [2.45, 2.75) is 77.8 Å². The number of benzene rings is 1. The normalized spacial score (nSPS) is 23.5. The molecule has 0 saturated carbocycles. The predicted molar refractivity (Wildman–Crippen MR) is 169 cm³/mol. The van der Waals surface area contributed by atoms with Crippen molar-refractivity contribution in [3.8, 4) is 11.6 Å². The number of hydrogen-bond donors (Lipinski definition) is 2. The monoisotopic (exact) mass is 640 g/mol. The molecule has 1 aromatic carbocycles. The smallest absolute Gasteiger partial charge is 0.408 e. The molecule has 1 aromatic heterocycles. The lowest BCUT2D eigenvalue weighted by Gasteiger charge is -2.35. The maximum atomic E-state index is 14.2. The van der Waals surface area contributed by atoms with Crippen LogP contribution < -0.4 is 20.1 Å². The Labute approximate surface area is 268 Å². The zero-order valence-corrected chi connectivity index (χ0v) is 27.7. The Morgan fingerprint density at radius 1 is 1.11 bits per heavy atom. The number of carbonyl (C=O) groups is 4. The third-order valence-electron chi connectivity index (χ3n) is 7.58. The van der Waals surface area contributed by atoms with Gasteiger partial charge in [-0.3, -0.25) is 9.59 Å². The average Bonchev–Trinajstić information content (AvgIpc) is 3.40. The fraction of sp³-hybridized carbons (Fsp3) is 0.545. The van der Waals surface area contributed by atoms with Crippen molar-refractivity contribution in [2.75, 3.05) is 34.0 Å². The number of methoxy groups -OCH3 is 2. The number of alkyl carbamates (subject to hydrolysis) is 1. The maximum absolute atomic E-state index is 14.2. The van der Waals surface area contributed by atoms with Gasteiger partial charge in [0.05, 0.1) is 34.0 Å². The van der Waals surface area contributed by atoms with Crippen molar-refractivity contribution in [3.05, 3.63) is 36.0 Å². The summed E-state index contributed by atoms with van der Waals surface area (Å²) >= 11 is 0. The lowest BCUT2D eigenvalue weighted by atomic mass is 9.85. The summed E-state index contributed by atoms with van der Waals surface area (Å²) in [5.74, 6) is -0.815. The molecule has 46 heavy (non-hydrogen) atoms. The SMILES string of the molecule is COC(=O)[C@@H]1C[C@@H]2CN1C(=O)[C@H](C(C)(C)C)NC(=O)[C@@H](NC(=O)OC(C)(C)C)COC/C=C\c1cc3c(nccc3cc1OC)O2. The van der Waals surface area contributed by atoms with Gasteiger partial charge in [-0.15, -0.1) is 0 Å². The Hall–Kier alpha value is -4.39. The quantitative estimate of drug-likeness (QED) is 0.478. The molecule has 4 atom stereocenters. The zero-order chi connectivity index (χ0) is 33.8. The molecule has 3 heterocycles. The molecule has 13 heteroatoms. The predicted octanol–water partition coefficient (Wildman–Crippen LogP) is 3.23. The second kappa shape index (κ2) is 13.9. The van der Waals surface area contributed by atoms with E-state index in [4.69, 9.17) is 23.7 Å². The van der Waals surface area contributed by atoms with Gasteiger partial charge < -0.3 is 39.2 Å². The van der Waals surface area contributed by atoms with Crippen molar-refractivity contribution < 1.29 is 42.9 Å². The average molecular weight is 641 g/mol. The van der Waals surface area contributed by atoms with Gasteiger partial charge in [0.25, 0.3) is 0 Å². The minimum absolute atomic E-state index is 0.0464. The van der Waals surface area contributed by atoms with Crippen molar-refractivity contribution in [2.24, 2.45) is 5.41 Å². The third-order valence-corrected chi connectivity index (χ3v) is 7.58. The molecule has 4 bridgehead atoms. The van der Waals surface area contributed by atoms with E-state index in [1.54, 1.807) is 60.9 Å². The second-order valence-corrected chi connectivity index (χ2v) is 13.4. The molecule has 2 N–H and O–H groups in total. The van der Waals surface area contributed by atoms with E-state index in [-0.39, 0.29) is 26.2 Å². The van der Waals surface area contributed by atoms with Crippen LogP contribution in [0.5, 0.6) is 11.6 Å². The van der Waals surface area contributed by atoms with E-state index in [0.29, 0.717) is 17.0 Å². The van der Waals surface area contributed by atoms with E-state index >= 15 is 0 Å². The molecule has 13 nitrogen and oxygen atoms in total. The van der Waals surface area contributed by atoms with Crippen LogP contribution in [0.4, 0.5) is 4.79 Å². The highest BCUT2D eigenvalue weighted by atomic mass is 16.6. The van der Waals surface area contributed by atoms with Crippen LogP contribution in [-0.4, -0.2) is 97.6 Å². The van der Waals surface area contributed by atoms with Gasteiger partial charge >= 0.3 is 12.1 Å².